The lowest BCUT2D eigenvalue weighted by molar-refractivity contribution is -0.121. The van der Waals surface area contributed by atoms with E-state index in [9.17, 15) is 9.59 Å². The summed E-state index contributed by atoms with van der Waals surface area (Å²) in [6.45, 7) is 2.20. The Kier molecular flexibility index (Phi) is 3.93. The third-order valence-electron chi connectivity index (χ3n) is 8.73. The van der Waals surface area contributed by atoms with E-state index < -0.39 is 17.2 Å². The molecule has 7 rings (SSSR count). The van der Waals surface area contributed by atoms with Gasteiger partial charge in [0.2, 0.25) is 11.9 Å². The molecule has 4 heterocycles. The maximum Gasteiger partial charge on any atom is 0.273 e. The Bertz CT molecular complexity index is 1400. The van der Waals surface area contributed by atoms with Crippen LogP contribution in [0.4, 0.5) is 17.3 Å². The normalized spacial score (nSPS) is 24.7. The number of anilines is 3. The van der Waals surface area contributed by atoms with Crippen LogP contribution in [0.1, 0.15) is 54.7 Å². The molecule has 1 aliphatic heterocycles. The molecule has 0 aromatic carbocycles. The van der Waals surface area contributed by atoms with Gasteiger partial charge in [0.1, 0.15) is 0 Å². The molecule has 4 N–H and O–H groups in total. The van der Waals surface area contributed by atoms with E-state index in [0.29, 0.717) is 34.8 Å². The van der Waals surface area contributed by atoms with E-state index in [1.54, 1.807) is 10.6 Å². The SMILES string of the molecule is CNC(=O)c1nnc([C@@]2(C(N)=O)CC23CC3)cc1Nc1nc2ccc(N3CC4(CCC4)C3)cn2n1. The van der Waals surface area contributed by atoms with Crippen molar-refractivity contribution in [3.63, 3.8) is 0 Å². The van der Waals surface area contributed by atoms with Crippen LogP contribution >= 0.6 is 0 Å². The number of aromatic nitrogens is 5. The minimum Gasteiger partial charge on any atom is -0.369 e. The average Bonchev–Trinajstić information content (AvgIpc) is 3.67. The largest absolute Gasteiger partial charge is 0.369 e. The topological polar surface area (TPSA) is 143 Å². The van der Waals surface area contributed by atoms with Gasteiger partial charge in [0.25, 0.3) is 5.91 Å². The Labute approximate surface area is 201 Å². The second-order valence-corrected chi connectivity index (χ2v) is 10.8. The quantitative estimate of drug-likeness (QED) is 0.489. The van der Waals surface area contributed by atoms with Crippen molar-refractivity contribution >= 4 is 34.8 Å². The van der Waals surface area contributed by atoms with Gasteiger partial charge in [0.15, 0.2) is 11.3 Å². The summed E-state index contributed by atoms with van der Waals surface area (Å²) < 4.78 is 1.74. The van der Waals surface area contributed by atoms with Crippen molar-refractivity contribution in [1.29, 1.82) is 0 Å². The van der Waals surface area contributed by atoms with Crippen molar-refractivity contribution in [2.75, 3.05) is 30.4 Å². The summed E-state index contributed by atoms with van der Waals surface area (Å²) in [5.74, 6) is -0.461. The van der Waals surface area contributed by atoms with Crippen LogP contribution in [0.3, 0.4) is 0 Å². The predicted octanol–water partition coefficient (Wildman–Crippen LogP) is 1.52. The monoisotopic (exact) mass is 473 g/mol. The molecule has 3 aromatic rings. The molecule has 3 aromatic heterocycles. The minimum atomic E-state index is -0.812. The van der Waals surface area contributed by atoms with Crippen molar-refractivity contribution in [3.05, 3.63) is 35.8 Å². The number of nitrogens with one attached hydrogen (secondary N) is 2. The zero-order valence-electron chi connectivity index (χ0n) is 19.5. The van der Waals surface area contributed by atoms with Gasteiger partial charge in [-0.1, -0.05) is 6.42 Å². The highest BCUT2D eigenvalue weighted by Crippen LogP contribution is 2.78. The number of carbonyl (C=O) groups is 2. The highest BCUT2D eigenvalue weighted by molar-refractivity contribution is 5.98. The summed E-state index contributed by atoms with van der Waals surface area (Å²) in [4.78, 5) is 31.8. The van der Waals surface area contributed by atoms with E-state index in [0.717, 1.165) is 31.6 Å². The van der Waals surface area contributed by atoms with Crippen molar-refractivity contribution in [2.45, 2.75) is 43.9 Å². The molecule has 0 unspecified atom stereocenters. The number of primary amides is 1. The van der Waals surface area contributed by atoms with Crippen LogP contribution in [-0.4, -0.2) is 56.7 Å². The first-order valence-corrected chi connectivity index (χ1v) is 12.2. The van der Waals surface area contributed by atoms with Crippen LogP contribution in [0.5, 0.6) is 0 Å². The number of carbonyl (C=O) groups excluding carboxylic acids is 2. The van der Waals surface area contributed by atoms with E-state index >= 15 is 0 Å². The van der Waals surface area contributed by atoms with Crippen molar-refractivity contribution in [1.82, 2.24) is 30.1 Å². The van der Waals surface area contributed by atoms with Crippen LogP contribution in [0.25, 0.3) is 5.65 Å². The van der Waals surface area contributed by atoms with Gasteiger partial charge >= 0.3 is 0 Å². The highest BCUT2D eigenvalue weighted by Gasteiger charge is 2.78. The lowest BCUT2D eigenvalue weighted by Crippen LogP contribution is -2.59. The Hall–Kier alpha value is -3.76. The summed E-state index contributed by atoms with van der Waals surface area (Å²) in [5, 5.41) is 18.7. The van der Waals surface area contributed by atoms with E-state index in [-0.39, 0.29) is 11.1 Å². The van der Waals surface area contributed by atoms with Gasteiger partial charge in [-0.2, -0.15) is 10.1 Å². The highest BCUT2D eigenvalue weighted by atomic mass is 16.2. The molecule has 35 heavy (non-hydrogen) atoms. The van der Waals surface area contributed by atoms with Crippen LogP contribution in [0.2, 0.25) is 0 Å². The summed E-state index contributed by atoms with van der Waals surface area (Å²) in [6.07, 6.45) is 8.57. The fourth-order valence-electron chi connectivity index (χ4n) is 6.21. The molecular formula is C24H27N9O2. The molecule has 2 spiro atoms. The second-order valence-electron chi connectivity index (χ2n) is 10.8. The van der Waals surface area contributed by atoms with Gasteiger partial charge < -0.3 is 21.3 Å². The molecule has 1 saturated heterocycles. The Morgan fingerprint density at radius 2 is 1.91 bits per heavy atom. The van der Waals surface area contributed by atoms with Crippen LogP contribution in [0.15, 0.2) is 24.4 Å². The molecule has 1 atom stereocenters. The molecule has 3 aliphatic carbocycles. The maximum absolute atomic E-state index is 12.5. The lowest BCUT2D eigenvalue weighted by atomic mass is 9.63. The van der Waals surface area contributed by atoms with Gasteiger partial charge in [-0.05, 0) is 55.7 Å². The zero-order chi connectivity index (χ0) is 24.0. The number of amides is 2. The van der Waals surface area contributed by atoms with E-state index in [1.165, 1.54) is 26.3 Å². The summed E-state index contributed by atoms with van der Waals surface area (Å²) in [5.41, 5.74) is 8.23. The van der Waals surface area contributed by atoms with Gasteiger partial charge in [-0.3, -0.25) is 9.59 Å². The molecule has 180 valence electrons. The summed E-state index contributed by atoms with van der Waals surface area (Å²) >= 11 is 0. The fraction of sp³-hybridized carbons (Fsp3) is 0.500. The first-order valence-electron chi connectivity index (χ1n) is 12.2. The van der Waals surface area contributed by atoms with E-state index in [2.05, 4.69) is 41.9 Å². The number of pyridine rings is 1. The first-order chi connectivity index (χ1) is 16.9. The Morgan fingerprint density at radius 3 is 2.54 bits per heavy atom. The standard InChI is InChI=1S/C24H27N9O2/c1-26-19(34)18-15(9-16(29-30-18)24(20(25)35)11-23(24)7-8-23)27-21-28-17-4-3-14(10-33(17)31-21)32-12-22(13-32)5-2-6-22/h3-4,9-10H,2,5-8,11-13H2,1H3,(H2,25,35)(H,26,34)(H,27,29,31)/t24-/m1/s1. The Balaban J connectivity index is 1.20. The number of nitrogens with two attached hydrogens (primary N) is 1. The summed E-state index contributed by atoms with van der Waals surface area (Å²) in [7, 11) is 1.53. The molecule has 2 amide bonds. The van der Waals surface area contributed by atoms with Crippen LogP contribution < -0.4 is 21.3 Å². The Morgan fingerprint density at radius 1 is 1.11 bits per heavy atom. The number of hydrogen-bond donors (Lipinski definition) is 3. The molecule has 4 fully saturated rings. The first kappa shape index (κ1) is 20.6. The van der Waals surface area contributed by atoms with Crippen molar-refractivity contribution in [3.8, 4) is 0 Å². The van der Waals surface area contributed by atoms with Crippen molar-refractivity contribution < 1.29 is 9.59 Å². The van der Waals surface area contributed by atoms with Gasteiger partial charge in [0.05, 0.1) is 28.7 Å². The molecule has 0 radical (unpaired) electrons. The molecule has 0 bridgehead atoms. The van der Waals surface area contributed by atoms with Crippen molar-refractivity contribution in [2.24, 2.45) is 16.6 Å². The molecule has 3 saturated carbocycles. The smallest absolute Gasteiger partial charge is 0.273 e. The van der Waals surface area contributed by atoms with E-state index in [4.69, 9.17) is 5.73 Å². The lowest BCUT2D eigenvalue weighted by Gasteiger charge is -2.56. The van der Waals surface area contributed by atoms with Crippen LogP contribution in [-0.2, 0) is 10.2 Å². The van der Waals surface area contributed by atoms with E-state index in [1.807, 2.05) is 12.3 Å². The van der Waals surface area contributed by atoms with Crippen LogP contribution in [0, 0.1) is 10.8 Å². The maximum atomic E-state index is 12.5. The third kappa shape index (κ3) is 2.83. The van der Waals surface area contributed by atoms with Gasteiger partial charge in [0, 0.05) is 25.6 Å². The number of fused-ring (bicyclic) bond motifs is 1. The average molecular weight is 474 g/mol. The fourth-order valence-corrected chi connectivity index (χ4v) is 6.21. The summed E-state index contributed by atoms with van der Waals surface area (Å²) in [6, 6.07) is 5.71. The molecule has 4 aliphatic rings. The van der Waals surface area contributed by atoms with Gasteiger partial charge in [-0.15, -0.1) is 10.2 Å². The number of nitrogens with zero attached hydrogens (tertiary/aromatic N) is 6. The minimum absolute atomic E-state index is 0.0913. The predicted molar refractivity (Wildman–Crippen MR) is 127 cm³/mol. The number of hydrogen-bond acceptors (Lipinski definition) is 8. The molecular weight excluding hydrogens is 446 g/mol. The number of rotatable bonds is 6. The molecule has 11 heteroatoms. The second kappa shape index (κ2) is 6.67. The zero-order valence-corrected chi connectivity index (χ0v) is 19.5. The van der Waals surface area contributed by atoms with Gasteiger partial charge in [-0.25, -0.2) is 4.52 Å². The molecule has 11 nitrogen and oxygen atoms in total. The third-order valence-corrected chi connectivity index (χ3v) is 8.73.